The number of nitrogens with zero attached hydrogens (tertiary/aromatic N) is 1. The molecule has 21 heavy (non-hydrogen) atoms. The number of hydrogen-bond acceptors (Lipinski definition) is 3. The number of ether oxygens (including phenoxy) is 1. The van der Waals surface area contributed by atoms with Crippen molar-refractivity contribution < 1.29 is 9.84 Å². The third-order valence-corrected chi connectivity index (χ3v) is 5.27. The molecule has 3 aliphatic rings. The zero-order valence-electron chi connectivity index (χ0n) is 12.3. The predicted molar refractivity (Wildman–Crippen MR) is 82.5 cm³/mol. The normalized spacial score (nSPS) is 34.8. The van der Waals surface area contributed by atoms with Crippen LogP contribution < -0.4 is 4.74 Å². The molecule has 0 aromatic heterocycles. The first-order chi connectivity index (χ1) is 10.2. The Kier molecular flexibility index (Phi) is 3.03. The summed E-state index contributed by atoms with van der Waals surface area (Å²) in [5, 5.41) is 9.97. The second-order valence-corrected chi connectivity index (χ2v) is 6.40. The summed E-state index contributed by atoms with van der Waals surface area (Å²) in [6, 6.07) is 8.75. The number of hydrogen-bond donors (Lipinski definition) is 1. The van der Waals surface area contributed by atoms with Gasteiger partial charge in [-0.1, -0.05) is 24.3 Å². The summed E-state index contributed by atoms with van der Waals surface area (Å²) in [4.78, 5) is 2.43. The number of fused-ring (bicyclic) bond motifs is 5. The number of aliphatic hydroxyl groups excluding tert-OH is 1. The van der Waals surface area contributed by atoms with Gasteiger partial charge in [0, 0.05) is 5.92 Å². The van der Waals surface area contributed by atoms with Crippen LogP contribution in [-0.4, -0.2) is 36.2 Å². The summed E-state index contributed by atoms with van der Waals surface area (Å²) in [6.07, 6.45) is 7.24. The first-order valence-corrected chi connectivity index (χ1v) is 7.75. The third-order valence-electron chi connectivity index (χ3n) is 5.27. The summed E-state index contributed by atoms with van der Waals surface area (Å²) in [7, 11) is 2.19. The largest absolute Gasteiger partial charge is 0.508 e. The first kappa shape index (κ1) is 13.0. The molecule has 1 saturated heterocycles. The minimum atomic E-state index is 0.356. The molecule has 1 aromatic carbocycles. The highest BCUT2D eigenvalue weighted by Crippen LogP contribution is 2.47. The van der Waals surface area contributed by atoms with Crippen molar-refractivity contribution in [3.05, 3.63) is 53.8 Å². The van der Waals surface area contributed by atoms with Gasteiger partial charge in [-0.3, -0.25) is 4.90 Å². The minimum Gasteiger partial charge on any atom is -0.508 e. The van der Waals surface area contributed by atoms with Gasteiger partial charge in [0.2, 0.25) is 0 Å². The van der Waals surface area contributed by atoms with E-state index < -0.39 is 0 Å². The molecule has 3 heteroatoms. The maximum atomic E-state index is 9.97. The zero-order valence-corrected chi connectivity index (χ0v) is 12.3. The number of allylic oxidation sites excluding steroid dienone is 3. The van der Waals surface area contributed by atoms with E-state index in [0.29, 0.717) is 29.6 Å². The number of likely N-dealkylation sites (N-methyl/N-ethyl adjacent to an activating group) is 1. The number of para-hydroxylation sites is 1. The molecule has 0 spiro atoms. The Labute approximate surface area is 125 Å². The Hall–Kier alpha value is -1.74. The van der Waals surface area contributed by atoms with Crippen LogP contribution in [0.3, 0.4) is 0 Å². The van der Waals surface area contributed by atoms with E-state index in [1.54, 1.807) is 0 Å². The molecule has 0 saturated carbocycles. The molecule has 2 heterocycles. The monoisotopic (exact) mass is 283 g/mol. The Balaban J connectivity index is 1.83. The highest BCUT2D eigenvalue weighted by molar-refractivity contribution is 5.42. The molecule has 2 aliphatic heterocycles. The fraction of sp³-hybridized carbons (Fsp3) is 0.444. The van der Waals surface area contributed by atoms with Crippen molar-refractivity contribution in [3.8, 4) is 5.75 Å². The van der Waals surface area contributed by atoms with Crippen LogP contribution in [-0.2, 0) is 0 Å². The predicted octanol–water partition coefficient (Wildman–Crippen LogP) is 3.11. The van der Waals surface area contributed by atoms with E-state index in [4.69, 9.17) is 4.74 Å². The summed E-state index contributed by atoms with van der Waals surface area (Å²) < 4.78 is 5.98. The van der Waals surface area contributed by atoms with Gasteiger partial charge in [0.05, 0.1) is 6.04 Å². The first-order valence-electron chi connectivity index (χ1n) is 7.75. The van der Waals surface area contributed by atoms with Crippen LogP contribution in [0.2, 0.25) is 0 Å². The molecule has 3 nitrogen and oxygen atoms in total. The Bertz CT molecular complexity index is 607. The van der Waals surface area contributed by atoms with Crippen LogP contribution in [0.5, 0.6) is 5.75 Å². The number of rotatable bonds is 0. The molecular weight excluding hydrogens is 262 g/mol. The SMILES string of the molecule is CN1CCC2C=CC(O)=CC2C2c3ccccc3OCC21. The van der Waals surface area contributed by atoms with Crippen molar-refractivity contribution in [2.45, 2.75) is 18.4 Å². The van der Waals surface area contributed by atoms with E-state index in [-0.39, 0.29) is 0 Å². The van der Waals surface area contributed by atoms with Crippen molar-refractivity contribution in [2.75, 3.05) is 20.2 Å². The topological polar surface area (TPSA) is 32.7 Å². The van der Waals surface area contributed by atoms with Crippen molar-refractivity contribution >= 4 is 0 Å². The van der Waals surface area contributed by atoms with Gasteiger partial charge in [0.15, 0.2) is 0 Å². The minimum absolute atomic E-state index is 0.356. The maximum Gasteiger partial charge on any atom is 0.122 e. The summed E-state index contributed by atoms with van der Waals surface area (Å²) in [5.74, 6) is 2.66. The van der Waals surface area contributed by atoms with Gasteiger partial charge >= 0.3 is 0 Å². The lowest BCUT2D eigenvalue weighted by Gasteiger charge is -2.41. The number of aliphatic hydroxyl groups is 1. The lowest BCUT2D eigenvalue weighted by atomic mass is 9.71. The van der Waals surface area contributed by atoms with Gasteiger partial charge in [0.25, 0.3) is 0 Å². The zero-order chi connectivity index (χ0) is 14.4. The van der Waals surface area contributed by atoms with E-state index in [1.807, 2.05) is 12.1 Å². The molecule has 1 N–H and O–H groups in total. The van der Waals surface area contributed by atoms with Crippen molar-refractivity contribution in [3.63, 3.8) is 0 Å². The second kappa shape index (κ2) is 4.92. The van der Waals surface area contributed by atoms with Gasteiger partial charge < -0.3 is 9.84 Å². The molecule has 1 fully saturated rings. The van der Waals surface area contributed by atoms with E-state index in [2.05, 4.69) is 42.3 Å². The van der Waals surface area contributed by atoms with Crippen molar-refractivity contribution in [2.24, 2.45) is 11.8 Å². The Morgan fingerprint density at radius 1 is 1.29 bits per heavy atom. The van der Waals surface area contributed by atoms with Gasteiger partial charge in [-0.25, -0.2) is 0 Å². The average molecular weight is 283 g/mol. The smallest absolute Gasteiger partial charge is 0.122 e. The molecule has 0 bridgehead atoms. The van der Waals surface area contributed by atoms with Gasteiger partial charge in [-0.2, -0.15) is 0 Å². The Morgan fingerprint density at radius 2 is 2.14 bits per heavy atom. The fourth-order valence-electron chi connectivity index (χ4n) is 4.14. The standard InChI is InChI=1S/C18H21NO2/c1-19-9-8-12-6-7-13(20)10-15(12)18-14-4-2-3-5-17(14)21-11-16(18)19/h2-7,10,12,15-16,18,20H,8-9,11H2,1H3. The van der Waals surface area contributed by atoms with Gasteiger partial charge in [-0.05, 0) is 55.6 Å². The molecule has 4 unspecified atom stereocenters. The molecule has 4 atom stereocenters. The second-order valence-electron chi connectivity index (χ2n) is 6.40. The Morgan fingerprint density at radius 3 is 3.05 bits per heavy atom. The van der Waals surface area contributed by atoms with Crippen LogP contribution in [0.4, 0.5) is 0 Å². The molecule has 1 aromatic rings. The highest BCUT2D eigenvalue weighted by atomic mass is 16.5. The maximum absolute atomic E-state index is 9.97. The molecule has 1 aliphatic carbocycles. The summed E-state index contributed by atoms with van der Waals surface area (Å²) in [6.45, 7) is 1.81. The lowest BCUT2D eigenvalue weighted by molar-refractivity contribution is 0.117. The van der Waals surface area contributed by atoms with Crippen LogP contribution in [0.25, 0.3) is 0 Å². The average Bonchev–Trinajstić information content (AvgIpc) is 2.65. The lowest BCUT2D eigenvalue weighted by Crippen LogP contribution is -2.44. The molecule has 110 valence electrons. The van der Waals surface area contributed by atoms with E-state index in [9.17, 15) is 5.11 Å². The highest BCUT2D eigenvalue weighted by Gasteiger charge is 2.43. The van der Waals surface area contributed by atoms with E-state index >= 15 is 0 Å². The van der Waals surface area contributed by atoms with Crippen molar-refractivity contribution in [1.29, 1.82) is 0 Å². The van der Waals surface area contributed by atoms with Crippen LogP contribution in [0, 0.1) is 11.8 Å². The summed E-state index contributed by atoms with van der Waals surface area (Å²) >= 11 is 0. The van der Waals surface area contributed by atoms with Crippen molar-refractivity contribution in [1.82, 2.24) is 4.90 Å². The van der Waals surface area contributed by atoms with Crippen LogP contribution in [0.15, 0.2) is 48.3 Å². The number of likely N-dealkylation sites (tertiary alicyclic amines) is 1. The van der Waals surface area contributed by atoms with Crippen LogP contribution >= 0.6 is 0 Å². The fourth-order valence-corrected chi connectivity index (χ4v) is 4.14. The summed E-state index contributed by atoms with van der Waals surface area (Å²) in [5.41, 5.74) is 1.29. The van der Waals surface area contributed by atoms with Gasteiger partial charge in [-0.15, -0.1) is 0 Å². The molecule has 0 amide bonds. The van der Waals surface area contributed by atoms with Crippen LogP contribution in [0.1, 0.15) is 17.9 Å². The quantitative estimate of drug-likeness (QED) is 0.794. The molecular formula is C18H21NO2. The number of benzene rings is 1. The third kappa shape index (κ3) is 2.07. The van der Waals surface area contributed by atoms with E-state index in [0.717, 1.165) is 25.3 Å². The van der Waals surface area contributed by atoms with E-state index in [1.165, 1.54) is 5.56 Å². The molecule has 4 rings (SSSR count). The molecule has 0 radical (unpaired) electrons. The van der Waals surface area contributed by atoms with Gasteiger partial charge in [0.1, 0.15) is 18.1 Å².